The summed E-state index contributed by atoms with van der Waals surface area (Å²) in [6, 6.07) is 1.03. The minimum absolute atomic E-state index is 0.159. The molecule has 6 nitrogen and oxygen atoms in total. The molecule has 1 fully saturated rings. The second kappa shape index (κ2) is 6.03. The molecular formula is C12H15NO5S. The van der Waals surface area contributed by atoms with Gasteiger partial charge in [0, 0.05) is 6.54 Å². The predicted octanol–water partition coefficient (Wildman–Crippen LogP) is 0.771. The molecule has 0 N–H and O–H groups in total. The Labute approximate surface area is 114 Å². The highest BCUT2D eigenvalue weighted by atomic mass is 32.1. The second-order valence-electron chi connectivity index (χ2n) is 3.93. The van der Waals surface area contributed by atoms with Gasteiger partial charge in [0.05, 0.1) is 27.4 Å². The van der Waals surface area contributed by atoms with Crippen LogP contribution in [0.1, 0.15) is 9.67 Å². The highest BCUT2D eigenvalue weighted by molar-refractivity contribution is 7.12. The first-order chi connectivity index (χ1) is 9.19. The van der Waals surface area contributed by atoms with E-state index in [9.17, 15) is 9.59 Å². The lowest BCUT2D eigenvalue weighted by molar-refractivity contribution is -0.151. The van der Waals surface area contributed by atoms with Crippen molar-refractivity contribution in [1.82, 2.24) is 4.90 Å². The maximum atomic E-state index is 12.5. The number of carbonyl (C=O) groups is 2. The zero-order valence-electron chi connectivity index (χ0n) is 10.8. The molecule has 104 valence electrons. The first-order valence-electron chi connectivity index (χ1n) is 5.77. The Morgan fingerprint density at radius 1 is 1.47 bits per heavy atom. The lowest BCUT2D eigenvalue weighted by Crippen LogP contribution is -2.52. The number of rotatable bonds is 3. The largest absolute Gasteiger partial charge is 0.495 e. The molecule has 0 radical (unpaired) electrons. The van der Waals surface area contributed by atoms with Crippen LogP contribution in [-0.2, 0) is 14.3 Å². The molecule has 1 aromatic rings. The first-order valence-corrected chi connectivity index (χ1v) is 6.65. The molecule has 0 aliphatic carbocycles. The monoisotopic (exact) mass is 285 g/mol. The average molecular weight is 285 g/mol. The first kappa shape index (κ1) is 13.8. The molecule has 0 bridgehead atoms. The maximum absolute atomic E-state index is 12.5. The van der Waals surface area contributed by atoms with Crippen molar-refractivity contribution in [2.45, 2.75) is 6.04 Å². The molecule has 0 saturated carbocycles. The standard InChI is InChI=1S/C12H15NO5S/c1-16-9-3-6-19-10(9)11(14)13-4-5-18-7-8(13)12(15)17-2/h3,6,8H,4-5,7H2,1-2H3. The maximum Gasteiger partial charge on any atom is 0.331 e. The number of hydrogen-bond acceptors (Lipinski definition) is 6. The lowest BCUT2D eigenvalue weighted by atomic mass is 10.2. The Balaban J connectivity index is 2.22. The van der Waals surface area contributed by atoms with Crippen LogP contribution in [0.2, 0.25) is 0 Å². The summed E-state index contributed by atoms with van der Waals surface area (Å²) in [7, 11) is 2.81. The van der Waals surface area contributed by atoms with Gasteiger partial charge >= 0.3 is 5.97 Å². The molecular weight excluding hydrogens is 270 g/mol. The normalized spacial score (nSPS) is 19.1. The number of thiophene rings is 1. The van der Waals surface area contributed by atoms with Gasteiger partial charge in [0.1, 0.15) is 10.6 Å². The highest BCUT2D eigenvalue weighted by Crippen LogP contribution is 2.27. The molecule has 1 aliphatic rings. The Bertz CT molecular complexity index is 472. The quantitative estimate of drug-likeness (QED) is 0.768. The minimum Gasteiger partial charge on any atom is -0.495 e. The van der Waals surface area contributed by atoms with Crippen molar-refractivity contribution in [3.63, 3.8) is 0 Å². The van der Waals surface area contributed by atoms with Crippen molar-refractivity contribution < 1.29 is 23.8 Å². The van der Waals surface area contributed by atoms with Crippen LogP contribution in [0.3, 0.4) is 0 Å². The van der Waals surface area contributed by atoms with Crippen molar-refractivity contribution in [2.24, 2.45) is 0 Å². The lowest BCUT2D eigenvalue weighted by Gasteiger charge is -2.33. The van der Waals surface area contributed by atoms with E-state index in [2.05, 4.69) is 0 Å². The van der Waals surface area contributed by atoms with Crippen molar-refractivity contribution >= 4 is 23.2 Å². The number of amides is 1. The summed E-state index contributed by atoms with van der Waals surface area (Å²) in [5.41, 5.74) is 0. The van der Waals surface area contributed by atoms with Gasteiger partial charge in [-0.15, -0.1) is 11.3 Å². The summed E-state index contributed by atoms with van der Waals surface area (Å²) >= 11 is 1.29. The third-order valence-corrected chi connectivity index (χ3v) is 3.79. The van der Waals surface area contributed by atoms with Crippen LogP contribution < -0.4 is 4.74 Å². The van der Waals surface area contributed by atoms with Crippen molar-refractivity contribution in [3.8, 4) is 5.75 Å². The number of methoxy groups -OCH3 is 2. The molecule has 7 heteroatoms. The fourth-order valence-electron chi connectivity index (χ4n) is 1.92. The van der Waals surface area contributed by atoms with Crippen molar-refractivity contribution in [1.29, 1.82) is 0 Å². The number of carbonyl (C=O) groups excluding carboxylic acids is 2. The van der Waals surface area contributed by atoms with E-state index in [1.807, 2.05) is 0 Å². The Morgan fingerprint density at radius 3 is 2.95 bits per heavy atom. The van der Waals surface area contributed by atoms with E-state index < -0.39 is 12.0 Å². The van der Waals surface area contributed by atoms with Crippen molar-refractivity contribution in [3.05, 3.63) is 16.3 Å². The molecule has 1 saturated heterocycles. The minimum atomic E-state index is -0.696. The average Bonchev–Trinajstić information content (AvgIpc) is 2.94. The van der Waals surface area contributed by atoms with Gasteiger partial charge < -0.3 is 19.1 Å². The number of morpholine rings is 1. The molecule has 0 spiro atoms. The Kier molecular flexibility index (Phi) is 4.39. The van der Waals surface area contributed by atoms with Gasteiger partial charge in [0.25, 0.3) is 5.91 Å². The van der Waals surface area contributed by atoms with E-state index in [4.69, 9.17) is 14.2 Å². The number of hydrogen-bond donors (Lipinski definition) is 0. The smallest absolute Gasteiger partial charge is 0.331 e. The molecule has 1 aromatic heterocycles. The predicted molar refractivity (Wildman–Crippen MR) is 68.5 cm³/mol. The van der Waals surface area contributed by atoms with Crippen LogP contribution >= 0.6 is 11.3 Å². The third-order valence-electron chi connectivity index (χ3n) is 2.91. The molecule has 1 aliphatic heterocycles. The number of ether oxygens (including phenoxy) is 3. The summed E-state index contributed by atoms with van der Waals surface area (Å²) in [5.74, 6) is -0.181. The Morgan fingerprint density at radius 2 is 2.26 bits per heavy atom. The second-order valence-corrected chi connectivity index (χ2v) is 4.85. The molecule has 2 heterocycles. The van der Waals surface area contributed by atoms with Gasteiger partial charge in [0.2, 0.25) is 0 Å². The van der Waals surface area contributed by atoms with Gasteiger partial charge in [0.15, 0.2) is 6.04 Å². The van der Waals surface area contributed by atoms with E-state index in [0.29, 0.717) is 23.8 Å². The summed E-state index contributed by atoms with van der Waals surface area (Å²) in [5, 5.41) is 1.78. The zero-order valence-corrected chi connectivity index (χ0v) is 11.6. The number of nitrogens with zero attached hydrogens (tertiary/aromatic N) is 1. The van der Waals surface area contributed by atoms with Crippen LogP contribution in [0.4, 0.5) is 0 Å². The SMILES string of the molecule is COC(=O)C1COCCN1C(=O)c1sccc1OC. The highest BCUT2D eigenvalue weighted by Gasteiger charge is 2.35. The molecule has 19 heavy (non-hydrogen) atoms. The van der Waals surface area contributed by atoms with Crippen LogP contribution in [-0.4, -0.2) is 56.8 Å². The van der Waals surface area contributed by atoms with E-state index >= 15 is 0 Å². The van der Waals surface area contributed by atoms with Crippen LogP contribution in [0, 0.1) is 0 Å². The molecule has 1 atom stereocenters. The fraction of sp³-hybridized carbons (Fsp3) is 0.500. The molecule has 2 rings (SSSR count). The summed E-state index contributed by atoms with van der Waals surface area (Å²) < 4.78 is 15.1. The fourth-order valence-corrected chi connectivity index (χ4v) is 2.74. The summed E-state index contributed by atoms with van der Waals surface area (Å²) in [6.45, 7) is 0.929. The van der Waals surface area contributed by atoms with E-state index in [0.717, 1.165) is 0 Å². The van der Waals surface area contributed by atoms with Gasteiger partial charge in [-0.3, -0.25) is 4.79 Å². The molecule has 1 amide bonds. The zero-order chi connectivity index (χ0) is 13.8. The van der Waals surface area contributed by atoms with E-state index in [-0.39, 0.29) is 12.5 Å². The van der Waals surface area contributed by atoms with Gasteiger partial charge in [-0.1, -0.05) is 0 Å². The van der Waals surface area contributed by atoms with Gasteiger partial charge in [-0.25, -0.2) is 4.79 Å². The summed E-state index contributed by atoms with van der Waals surface area (Å²) in [6.07, 6.45) is 0. The summed E-state index contributed by atoms with van der Waals surface area (Å²) in [4.78, 5) is 26.1. The molecule has 0 aromatic carbocycles. The van der Waals surface area contributed by atoms with Gasteiger partial charge in [-0.05, 0) is 11.4 Å². The molecule has 1 unspecified atom stereocenters. The third kappa shape index (κ3) is 2.71. The van der Waals surface area contributed by atoms with Crippen molar-refractivity contribution in [2.75, 3.05) is 34.0 Å². The Hall–Kier alpha value is -1.60. The van der Waals surface area contributed by atoms with Crippen LogP contribution in [0.15, 0.2) is 11.4 Å². The van der Waals surface area contributed by atoms with Gasteiger partial charge in [-0.2, -0.15) is 0 Å². The van der Waals surface area contributed by atoms with Crippen LogP contribution in [0.25, 0.3) is 0 Å². The number of esters is 1. The topological polar surface area (TPSA) is 65.1 Å². The van der Waals surface area contributed by atoms with E-state index in [1.54, 1.807) is 11.4 Å². The van der Waals surface area contributed by atoms with Crippen LogP contribution in [0.5, 0.6) is 5.75 Å². The van der Waals surface area contributed by atoms with E-state index in [1.165, 1.54) is 30.5 Å².